The highest BCUT2D eigenvalue weighted by atomic mass is 16.2. The SMILES string of the molecule is CO.Cc1cc(N2CC[C@](C)(c3ccccc3)C2)cn2nc(C=O)nc12. The molecule has 1 aliphatic rings. The number of nitrogens with zero attached hydrogens (tertiary/aromatic N) is 4. The quantitative estimate of drug-likeness (QED) is 0.734. The largest absolute Gasteiger partial charge is 0.400 e. The lowest BCUT2D eigenvalue weighted by Gasteiger charge is -2.26. The van der Waals surface area contributed by atoms with Crippen LogP contribution in [0.1, 0.15) is 35.1 Å². The molecule has 3 heterocycles. The molecule has 1 atom stereocenters. The van der Waals surface area contributed by atoms with Crippen molar-refractivity contribution in [2.45, 2.75) is 25.7 Å². The Morgan fingerprint density at radius 2 is 1.96 bits per heavy atom. The van der Waals surface area contributed by atoms with E-state index in [0.29, 0.717) is 6.29 Å². The third-order valence-corrected chi connectivity index (χ3v) is 5.03. The third kappa shape index (κ3) is 3.20. The summed E-state index contributed by atoms with van der Waals surface area (Å²) in [6, 6.07) is 12.8. The van der Waals surface area contributed by atoms with E-state index >= 15 is 0 Å². The molecule has 0 radical (unpaired) electrons. The fourth-order valence-electron chi connectivity index (χ4n) is 3.63. The first-order chi connectivity index (χ1) is 12.6. The highest BCUT2D eigenvalue weighted by Crippen LogP contribution is 2.36. The van der Waals surface area contributed by atoms with E-state index in [1.54, 1.807) is 4.52 Å². The Morgan fingerprint density at radius 3 is 2.65 bits per heavy atom. The summed E-state index contributed by atoms with van der Waals surface area (Å²) in [5.74, 6) is 0.228. The van der Waals surface area contributed by atoms with Crippen molar-refractivity contribution in [2.75, 3.05) is 25.1 Å². The topological polar surface area (TPSA) is 70.7 Å². The molecule has 1 aromatic carbocycles. The minimum Gasteiger partial charge on any atom is -0.400 e. The van der Waals surface area contributed by atoms with Crippen LogP contribution in [0.3, 0.4) is 0 Å². The number of hydrogen-bond acceptors (Lipinski definition) is 5. The number of hydrogen-bond donors (Lipinski definition) is 1. The second-order valence-corrected chi connectivity index (χ2v) is 6.84. The lowest BCUT2D eigenvalue weighted by molar-refractivity contribution is 0.111. The molecule has 0 unspecified atom stereocenters. The van der Waals surface area contributed by atoms with E-state index in [4.69, 9.17) is 5.11 Å². The van der Waals surface area contributed by atoms with E-state index in [-0.39, 0.29) is 11.2 Å². The van der Waals surface area contributed by atoms with Crippen LogP contribution in [0.25, 0.3) is 5.65 Å². The zero-order valence-corrected chi connectivity index (χ0v) is 15.4. The second kappa shape index (κ2) is 7.25. The summed E-state index contributed by atoms with van der Waals surface area (Å²) in [6.45, 7) is 6.31. The fourth-order valence-corrected chi connectivity index (χ4v) is 3.63. The maximum atomic E-state index is 10.9. The van der Waals surface area contributed by atoms with Crippen molar-refractivity contribution in [1.82, 2.24) is 14.6 Å². The number of aromatic nitrogens is 3. The number of aliphatic hydroxyl groups is 1. The molecule has 0 spiro atoms. The lowest BCUT2D eigenvalue weighted by atomic mass is 9.82. The molecule has 26 heavy (non-hydrogen) atoms. The molecular weight excluding hydrogens is 328 g/mol. The first kappa shape index (κ1) is 18.1. The predicted octanol–water partition coefficient (Wildman–Crippen LogP) is 2.63. The number of aryl methyl sites for hydroxylation is 1. The first-order valence-corrected chi connectivity index (χ1v) is 8.66. The highest BCUT2D eigenvalue weighted by molar-refractivity contribution is 5.71. The van der Waals surface area contributed by atoms with Gasteiger partial charge in [0.15, 0.2) is 11.9 Å². The molecule has 1 fully saturated rings. The third-order valence-electron chi connectivity index (χ3n) is 5.03. The van der Waals surface area contributed by atoms with E-state index in [0.717, 1.165) is 43.5 Å². The maximum absolute atomic E-state index is 10.9. The molecule has 4 rings (SSSR count). The standard InChI is InChI=1S/C19H20N4O.CH4O/c1-14-10-16(11-23-18(14)20-17(12-24)21-23)22-9-8-19(2,13-22)15-6-4-3-5-7-15;1-2/h3-7,10-12H,8-9,13H2,1-2H3;2H,1H3/t19-;/m0./s1. The molecule has 0 bridgehead atoms. The van der Waals surface area contributed by atoms with Crippen LogP contribution >= 0.6 is 0 Å². The van der Waals surface area contributed by atoms with E-state index in [9.17, 15) is 4.79 Å². The Kier molecular flexibility index (Phi) is 5.04. The van der Waals surface area contributed by atoms with Gasteiger partial charge in [0.1, 0.15) is 0 Å². The number of anilines is 1. The predicted molar refractivity (Wildman–Crippen MR) is 102 cm³/mol. The van der Waals surface area contributed by atoms with Crippen LogP contribution in [0.2, 0.25) is 0 Å². The number of benzene rings is 1. The molecular formula is C20H24N4O2. The van der Waals surface area contributed by atoms with Crippen LogP contribution in [-0.2, 0) is 5.41 Å². The molecule has 6 heteroatoms. The molecule has 0 aliphatic carbocycles. The molecule has 0 saturated carbocycles. The summed E-state index contributed by atoms with van der Waals surface area (Å²) >= 11 is 0. The van der Waals surface area contributed by atoms with Gasteiger partial charge in [-0.1, -0.05) is 37.3 Å². The van der Waals surface area contributed by atoms with Gasteiger partial charge in [-0.15, -0.1) is 5.10 Å². The van der Waals surface area contributed by atoms with Crippen LogP contribution in [0.15, 0.2) is 42.6 Å². The number of fused-ring (bicyclic) bond motifs is 1. The minimum atomic E-state index is 0.153. The van der Waals surface area contributed by atoms with Crippen LogP contribution < -0.4 is 4.90 Å². The number of aldehydes is 1. The van der Waals surface area contributed by atoms with Crippen LogP contribution in [0, 0.1) is 6.92 Å². The van der Waals surface area contributed by atoms with Gasteiger partial charge in [-0.3, -0.25) is 4.79 Å². The minimum absolute atomic E-state index is 0.153. The summed E-state index contributed by atoms with van der Waals surface area (Å²) in [6.07, 6.45) is 3.78. The van der Waals surface area contributed by atoms with Gasteiger partial charge in [0, 0.05) is 25.6 Å². The lowest BCUT2D eigenvalue weighted by Crippen LogP contribution is -2.28. The summed E-state index contributed by atoms with van der Waals surface area (Å²) in [7, 11) is 1.00. The van der Waals surface area contributed by atoms with Gasteiger partial charge in [0.2, 0.25) is 5.82 Å². The Balaban J connectivity index is 0.000000948. The van der Waals surface area contributed by atoms with Crippen LogP contribution in [-0.4, -0.2) is 46.2 Å². The Labute approximate surface area is 153 Å². The van der Waals surface area contributed by atoms with E-state index in [2.05, 4.69) is 58.3 Å². The first-order valence-electron chi connectivity index (χ1n) is 8.66. The number of rotatable bonds is 3. The van der Waals surface area contributed by atoms with E-state index in [1.807, 2.05) is 13.1 Å². The smallest absolute Gasteiger partial charge is 0.214 e. The summed E-state index contributed by atoms with van der Waals surface area (Å²) < 4.78 is 1.71. The van der Waals surface area contributed by atoms with Gasteiger partial charge in [0.25, 0.3) is 0 Å². The second-order valence-electron chi connectivity index (χ2n) is 6.84. The molecule has 0 amide bonds. The average molecular weight is 352 g/mol. The molecule has 136 valence electrons. The molecule has 3 aromatic rings. The van der Waals surface area contributed by atoms with E-state index in [1.165, 1.54) is 5.56 Å². The Bertz CT molecular complexity index is 907. The number of pyridine rings is 1. The van der Waals surface area contributed by atoms with Gasteiger partial charge < -0.3 is 10.0 Å². The molecule has 6 nitrogen and oxygen atoms in total. The van der Waals surface area contributed by atoms with Crippen LogP contribution in [0.5, 0.6) is 0 Å². The van der Waals surface area contributed by atoms with Crippen molar-refractivity contribution < 1.29 is 9.90 Å². The highest BCUT2D eigenvalue weighted by Gasteiger charge is 2.35. The van der Waals surface area contributed by atoms with Gasteiger partial charge in [-0.25, -0.2) is 9.50 Å². The van der Waals surface area contributed by atoms with Crippen molar-refractivity contribution in [3.8, 4) is 0 Å². The van der Waals surface area contributed by atoms with Gasteiger partial charge >= 0.3 is 0 Å². The van der Waals surface area contributed by atoms with Gasteiger partial charge in [-0.05, 0) is 30.5 Å². The average Bonchev–Trinajstić information content (AvgIpc) is 3.29. The number of carbonyl (C=O) groups is 1. The maximum Gasteiger partial charge on any atom is 0.214 e. The number of carbonyl (C=O) groups excluding carboxylic acids is 1. The van der Waals surface area contributed by atoms with Crippen molar-refractivity contribution in [2.24, 2.45) is 0 Å². The van der Waals surface area contributed by atoms with Crippen molar-refractivity contribution in [3.05, 3.63) is 59.5 Å². The van der Waals surface area contributed by atoms with E-state index < -0.39 is 0 Å². The Morgan fingerprint density at radius 1 is 1.23 bits per heavy atom. The van der Waals surface area contributed by atoms with Crippen molar-refractivity contribution >= 4 is 17.6 Å². The zero-order valence-electron chi connectivity index (χ0n) is 15.4. The molecule has 1 N–H and O–H groups in total. The van der Waals surface area contributed by atoms with Gasteiger partial charge in [-0.2, -0.15) is 0 Å². The summed E-state index contributed by atoms with van der Waals surface area (Å²) in [4.78, 5) is 17.6. The molecule has 2 aromatic heterocycles. The summed E-state index contributed by atoms with van der Waals surface area (Å²) in [5.41, 5.74) is 4.43. The zero-order chi connectivity index (χ0) is 18.7. The normalized spacial score (nSPS) is 19.3. The van der Waals surface area contributed by atoms with Crippen LogP contribution in [0.4, 0.5) is 5.69 Å². The summed E-state index contributed by atoms with van der Waals surface area (Å²) in [5, 5.41) is 11.2. The fraction of sp³-hybridized carbons (Fsp3) is 0.350. The Hall–Kier alpha value is -2.73. The van der Waals surface area contributed by atoms with Crippen molar-refractivity contribution in [1.29, 1.82) is 0 Å². The molecule has 1 saturated heterocycles. The van der Waals surface area contributed by atoms with Gasteiger partial charge in [0.05, 0.1) is 11.9 Å². The molecule has 1 aliphatic heterocycles. The van der Waals surface area contributed by atoms with Crippen molar-refractivity contribution in [3.63, 3.8) is 0 Å². The number of aliphatic hydroxyl groups excluding tert-OH is 1. The monoisotopic (exact) mass is 352 g/mol.